The third-order valence-electron chi connectivity index (χ3n) is 4.90. The van der Waals surface area contributed by atoms with Gasteiger partial charge in [-0.05, 0) is 37.5 Å². The molecule has 0 aromatic heterocycles. The zero-order valence-electron chi connectivity index (χ0n) is 16.9. The van der Waals surface area contributed by atoms with Gasteiger partial charge in [-0.2, -0.15) is 8.78 Å². The molecule has 3 nitrogen and oxygen atoms in total. The number of ether oxygens (including phenoxy) is 3. The van der Waals surface area contributed by atoms with Gasteiger partial charge >= 0.3 is 0 Å². The van der Waals surface area contributed by atoms with Crippen LogP contribution in [-0.4, -0.2) is 13.2 Å². The Labute approximate surface area is 173 Å². The van der Waals surface area contributed by atoms with Gasteiger partial charge in [0.25, 0.3) is 0 Å². The lowest BCUT2D eigenvalue weighted by atomic mass is 9.98. The fraction of sp³-hybridized carbons (Fsp3) is 0.391. The highest BCUT2D eigenvalue weighted by atomic mass is 19.2. The summed E-state index contributed by atoms with van der Waals surface area (Å²) in [4.78, 5) is 0. The number of hydrogen-bond donors (Lipinski definition) is 0. The van der Waals surface area contributed by atoms with Gasteiger partial charge in [0.15, 0.2) is 23.1 Å². The molecule has 30 heavy (non-hydrogen) atoms. The van der Waals surface area contributed by atoms with Crippen molar-refractivity contribution in [2.24, 2.45) is 0 Å². The van der Waals surface area contributed by atoms with E-state index >= 15 is 0 Å². The van der Waals surface area contributed by atoms with Gasteiger partial charge in [-0.25, -0.2) is 8.78 Å². The van der Waals surface area contributed by atoms with Crippen LogP contribution >= 0.6 is 0 Å². The van der Waals surface area contributed by atoms with Gasteiger partial charge in [0, 0.05) is 11.1 Å². The van der Waals surface area contributed by atoms with Crippen LogP contribution in [0.5, 0.6) is 11.5 Å². The van der Waals surface area contributed by atoms with E-state index in [0.29, 0.717) is 13.0 Å². The minimum atomic E-state index is -1.25. The molecule has 1 unspecified atom stereocenters. The number of rotatable bonds is 8. The summed E-state index contributed by atoms with van der Waals surface area (Å²) in [6.07, 6.45) is 3.83. The molecule has 1 aliphatic heterocycles. The summed E-state index contributed by atoms with van der Waals surface area (Å²) in [7, 11) is 0. The molecule has 7 heteroatoms. The molecule has 1 atom stereocenters. The zero-order valence-corrected chi connectivity index (χ0v) is 16.9. The van der Waals surface area contributed by atoms with Crippen LogP contribution < -0.4 is 9.47 Å². The van der Waals surface area contributed by atoms with Crippen molar-refractivity contribution in [3.8, 4) is 11.5 Å². The highest BCUT2D eigenvalue weighted by molar-refractivity contribution is 5.35. The second-order valence-electron chi connectivity index (χ2n) is 7.00. The number of benzene rings is 2. The molecule has 0 fully saturated rings. The van der Waals surface area contributed by atoms with Crippen molar-refractivity contribution in [2.45, 2.75) is 45.8 Å². The largest absolute Gasteiger partial charge is 0.491 e. The molecule has 1 aliphatic rings. The maximum absolute atomic E-state index is 14.6. The third kappa shape index (κ3) is 4.78. The predicted octanol–water partition coefficient (Wildman–Crippen LogP) is 6.41. The molecule has 0 saturated carbocycles. The Hall–Kier alpha value is -2.54. The van der Waals surface area contributed by atoms with Crippen molar-refractivity contribution in [1.82, 2.24) is 0 Å². The quantitative estimate of drug-likeness (QED) is 0.362. The summed E-state index contributed by atoms with van der Waals surface area (Å²) in [6.45, 7) is 3.82. The van der Waals surface area contributed by atoms with Crippen LogP contribution in [0.1, 0.15) is 50.3 Å². The average Bonchev–Trinajstić information content (AvgIpc) is 2.75. The Balaban J connectivity index is 1.72. The van der Waals surface area contributed by atoms with Gasteiger partial charge in [0.1, 0.15) is 6.61 Å². The molecule has 0 amide bonds. The average molecular weight is 424 g/mol. The molecule has 3 rings (SSSR count). The van der Waals surface area contributed by atoms with E-state index in [9.17, 15) is 17.6 Å². The highest BCUT2D eigenvalue weighted by Gasteiger charge is 2.24. The fourth-order valence-corrected chi connectivity index (χ4v) is 3.33. The van der Waals surface area contributed by atoms with Gasteiger partial charge in [-0.1, -0.05) is 31.6 Å². The van der Waals surface area contributed by atoms with Gasteiger partial charge in [-0.15, -0.1) is 0 Å². The Bertz CT molecular complexity index is 927. The molecular weight excluding hydrogens is 400 g/mol. The first-order valence-electron chi connectivity index (χ1n) is 9.96. The van der Waals surface area contributed by atoms with Crippen LogP contribution in [0.2, 0.25) is 0 Å². The van der Waals surface area contributed by atoms with E-state index in [1.807, 2.05) is 6.08 Å². The third-order valence-corrected chi connectivity index (χ3v) is 4.90. The second kappa shape index (κ2) is 9.98. The van der Waals surface area contributed by atoms with Gasteiger partial charge in [-0.3, -0.25) is 0 Å². The summed E-state index contributed by atoms with van der Waals surface area (Å²) >= 11 is 0. The molecule has 0 radical (unpaired) electrons. The number of hydrogen-bond acceptors (Lipinski definition) is 3. The Morgan fingerprint density at radius 3 is 2.20 bits per heavy atom. The molecule has 1 heterocycles. The topological polar surface area (TPSA) is 27.7 Å². The molecule has 2 aromatic carbocycles. The van der Waals surface area contributed by atoms with E-state index < -0.39 is 41.7 Å². The molecular formula is C23H24F4O3. The maximum atomic E-state index is 14.6. The molecule has 0 saturated heterocycles. The van der Waals surface area contributed by atoms with Crippen molar-refractivity contribution >= 4 is 0 Å². The predicted molar refractivity (Wildman–Crippen MR) is 105 cm³/mol. The van der Waals surface area contributed by atoms with Gasteiger partial charge < -0.3 is 14.2 Å². The molecule has 0 bridgehead atoms. The Morgan fingerprint density at radius 1 is 0.900 bits per heavy atom. The Kier molecular flexibility index (Phi) is 7.37. The normalized spacial score (nSPS) is 16.3. The SMILES string of the molecule is CCCC1=CCC(c2ccc(COc3ccc(OCC)c(F)c3F)c(F)c2F)OC1. The van der Waals surface area contributed by atoms with Crippen LogP contribution in [0.25, 0.3) is 0 Å². The Morgan fingerprint density at radius 2 is 1.60 bits per heavy atom. The summed E-state index contributed by atoms with van der Waals surface area (Å²) in [6, 6.07) is 5.21. The molecule has 162 valence electrons. The smallest absolute Gasteiger partial charge is 0.204 e. The van der Waals surface area contributed by atoms with Crippen LogP contribution in [0.15, 0.2) is 35.9 Å². The van der Waals surface area contributed by atoms with E-state index in [-0.39, 0.29) is 23.5 Å². The van der Waals surface area contributed by atoms with Crippen LogP contribution in [0.4, 0.5) is 17.6 Å². The first-order chi connectivity index (χ1) is 14.5. The lowest BCUT2D eigenvalue weighted by Crippen LogP contribution is -2.15. The maximum Gasteiger partial charge on any atom is 0.204 e. The summed E-state index contributed by atoms with van der Waals surface area (Å²) in [5, 5.41) is 0. The van der Waals surface area contributed by atoms with Crippen molar-refractivity contribution in [3.63, 3.8) is 0 Å². The fourth-order valence-electron chi connectivity index (χ4n) is 3.33. The number of halogens is 4. The molecule has 2 aromatic rings. The minimum absolute atomic E-state index is 0.108. The first kappa shape index (κ1) is 22.2. The standard InChI is InChI=1S/C23H24F4O3/c1-3-5-14-6-9-17(29-12-14)16-8-7-15(20(24)21(16)25)13-30-19-11-10-18(28-4-2)22(26)23(19)27/h6-8,10-11,17H,3-5,9,12-13H2,1-2H3. The second-order valence-corrected chi connectivity index (χ2v) is 7.00. The zero-order chi connectivity index (χ0) is 21.7. The highest BCUT2D eigenvalue weighted by Crippen LogP contribution is 2.32. The van der Waals surface area contributed by atoms with Crippen LogP contribution in [-0.2, 0) is 11.3 Å². The lowest BCUT2D eigenvalue weighted by Gasteiger charge is -2.24. The van der Waals surface area contributed by atoms with Gasteiger partial charge in [0.05, 0.1) is 19.3 Å². The minimum Gasteiger partial charge on any atom is -0.491 e. The van der Waals surface area contributed by atoms with Crippen molar-refractivity contribution in [2.75, 3.05) is 13.2 Å². The van der Waals surface area contributed by atoms with E-state index in [0.717, 1.165) is 18.4 Å². The molecule has 0 N–H and O–H groups in total. The van der Waals surface area contributed by atoms with Crippen LogP contribution in [0.3, 0.4) is 0 Å². The van der Waals surface area contributed by atoms with Crippen LogP contribution in [0, 0.1) is 23.3 Å². The van der Waals surface area contributed by atoms with E-state index in [1.54, 1.807) is 6.92 Å². The van der Waals surface area contributed by atoms with E-state index in [1.165, 1.54) is 24.3 Å². The monoisotopic (exact) mass is 424 g/mol. The summed E-state index contributed by atoms with van der Waals surface area (Å²) in [5.74, 6) is -5.21. The first-order valence-corrected chi connectivity index (χ1v) is 9.96. The molecule has 0 aliphatic carbocycles. The van der Waals surface area contributed by atoms with Gasteiger partial charge in [0.2, 0.25) is 11.6 Å². The summed E-state index contributed by atoms with van der Waals surface area (Å²) in [5.41, 5.74) is 1.17. The lowest BCUT2D eigenvalue weighted by molar-refractivity contribution is 0.0567. The van der Waals surface area contributed by atoms with E-state index in [4.69, 9.17) is 14.2 Å². The van der Waals surface area contributed by atoms with Crippen molar-refractivity contribution in [3.05, 3.63) is 70.3 Å². The molecule has 0 spiro atoms. The van der Waals surface area contributed by atoms with Crippen molar-refractivity contribution < 1.29 is 31.8 Å². The van der Waals surface area contributed by atoms with Crippen molar-refractivity contribution in [1.29, 1.82) is 0 Å². The van der Waals surface area contributed by atoms with E-state index in [2.05, 4.69) is 6.92 Å². The summed E-state index contributed by atoms with van der Waals surface area (Å²) < 4.78 is 73.0.